The lowest BCUT2D eigenvalue weighted by Gasteiger charge is -1.97. The van der Waals surface area contributed by atoms with Crippen LogP contribution in [-0.2, 0) is 0 Å². The van der Waals surface area contributed by atoms with Crippen molar-refractivity contribution >= 4 is 34.5 Å². The molecule has 0 spiro atoms. The molecular formula is C18H14N2O3S. The molecule has 0 aliphatic carbocycles. The highest BCUT2D eigenvalue weighted by Gasteiger charge is 2.17. The summed E-state index contributed by atoms with van der Waals surface area (Å²) in [5, 5.41) is 7.02. The van der Waals surface area contributed by atoms with E-state index < -0.39 is 0 Å². The predicted molar refractivity (Wildman–Crippen MR) is 94.0 cm³/mol. The molecule has 0 bridgehead atoms. The first kappa shape index (κ1) is 14.7. The molecule has 0 aliphatic rings. The zero-order valence-electron chi connectivity index (χ0n) is 13.1. The molecule has 0 saturated heterocycles. The zero-order chi connectivity index (χ0) is 16.5. The standard InChI is InChI=1S/C18H14N2O3S/c1-11-14-10-12(21-2)5-7-15(14)22-17(11)18-19-16(23-20-18)8-6-13-4-3-9-24-13/h3-10H,1-2H3/b8-6+. The third-order valence-electron chi connectivity index (χ3n) is 3.72. The van der Waals surface area contributed by atoms with Crippen LogP contribution in [0.15, 0.2) is 44.7 Å². The minimum Gasteiger partial charge on any atom is -0.497 e. The second-order valence-corrected chi connectivity index (χ2v) is 6.20. The third kappa shape index (κ3) is 2.61. The topological polar surface area (TPSA) is 61.3 Å². The molecule has 4 aromatic rings. The highest BCUT2D eigenvalue weighted by Crippen LogP contribution is 2.33. The summed E-state index contributed by atoms with van der Waals surface area (Å²) in [5.74, 6) is 2.27. The van der Waals surface area contributed by atoms with Crippen LogP contribution < -0.4 is 4.74 Å². The van der Waals surface area contributed by atoms with Crippen LogP contribution in [-0.4, -0.2) is 17.3 Å². The van der Waals surface area contributed by atoms with Gasteiger partial charge >= 0.3 is 0 Å². The molecule has 5 nitrogen and oxygen atoms in total. The first-order chi connectivity index (χ1) is 11.7. The average Bonchev–Trinajstić information content (AvgIpc) is 3.33. The van der Waals surface area contributed by atoms with Crippen molar-refractivity contribution in [1.29, 1.82) is 0 Å². The number of aromatic nitrogens is 2. The number of methoxy groups -OCH3 is 1. The van der Waals surface area contributed by atoms with E-state index in [9.17, 15) is 0 Å². The number of hydrogen-bond donors (Lipinski definition) is 0. The Hall–Kier alpha value is -2.86. The maximum Gasteiger partial charge on any atom is 0.251 e. The van der Waals surface area contributed by atoms with E-state index in [1.54, 1.807) is 24.5 Å². The van der Waals surface area contributed by atoms with Crippen LogP contribution in [0.5, 0.6) is 5.75 Å². The molecular weight excluding hydrogens is 324 g/mol. The van der Waals surface area contributed by atoms with Gasteiger partial charge in [-0.2, -0.15) is 4.98 Å². The van der Waals surface area contributed by atoms with Gasteiger partial charge in [0.2, 0.25) is 5.82 Å². The van der Waals surface area contributed by atoms with Gasteiger partial charge in [0.05, 0.1) is 7.11 Å². The molecule has 3 heterocycles. The SMILES string of the molecule is COc1ccc2oc(-c3noc(/C=C/c4cccs4)n3)c(C)c2c1. The summed E-state index contributed by atoms with van der Waals surface area (Å²) < 4.78 is 16.4. The van der Waals surface area contributed by atoms with E-state index in [1.165, 1.54) is 0 Å². The lowest BCUT2D eigenvalue weighted by Crippen LogP contribution is -1.82. The number of furan rings is 1. The molecule has 1 aromatic carbocycles. The Kier molecular flexibility index (Phi) is 3.66. The Bertz CT molecular complexity index is 1010. The molecule has 0 aliphatic heterocycles. The van der Waals surface area contributed by atoms with Gasteiger partial charge in [-0.3, -0.25) is 0 Å². The number of benzene rings is 1. The van der Waals surface area contributed by atoms with E-state index in [4.69, 9.17) is 13.7 Å². The van der Waals surface area contributed by atoms with Gasteiger partial charge in [-0.15, -0.1) is 11.3 Å². The highest BCUT2D eigenvalue weighted by atomic mass is 32.1. The molecule has 24 heavy (non-hydrogen) atoms. The third-order valence-corrected chi connectivity index (χ3v) is 4.56. The second-order valence-electron chi connectivity index (χ2n) is 5.22. The Balaban J connectivity index is 1.69. The minimum absolute atomic E-state index is 0.438. The number of fused-ring (bicyclic) bond motifs is 1. The molecule has 0 N–H and O–H groups in total. The number of thiophene rings is 1. The molecule has 0 amide bonds. The quantitative estimate of drug-likeness (QED) is 0.522. The van der Waals surface area contributed by atoms with Crippen LogP contribution in [0.3, 0.4) is 0 Å². The summed E-state index contributed by atoms with van der Waals surface area (Å²) >= 11 is 1.65. The minimum atomic E-state index is 0.438. The number of hydrogen-bond acceptors (Lipinski definition) is 6. The van der Waals surface area contributed by atoms with Crippen molar-refractivity contribution in [3.63, 3.8) is 0 Å². The molecule has 0 atom stereocenters. The fraction of sp³-hybridized carbons (Fsp3) is 0.111. The Morgan fingerprint density at radius 3 is 2.92 bits per heavy atom. The van der Waals surface area contributed by atoms with Gasteiger partial charge in [0.25, 0.3) is 5.89 Å². The normalized spacial score (nSPS) is 11.6. The molecule has 120 valence electrons. The monoisotopic (exact) mass is 338 g/mol. The van der Waals surface area contributed by atoms with Crippen molar-refractivity contribution < 1.29 is 13.7 Å². The Labute approximate surface area is 142 Å². The van der Waals surface area contributed by atoms with Crippen molar-refractivity contribution in [2.24, 2.45) is 0 Å². The Morgan fingerprint density at radius 1 is 1.21 bits per heavy atom. The van der Waals surface area contributed by atoms with Crippen LogP contribution in [0.25, 0.3) is 34.7 Å². The maximum absolute atomic E-state index is 5.89. The molecule has 6 heteroatoms. The van der Waals surface area contributed by atoms with E-state index in [1.807, 2.05) is 48.7 Å². The van der Waals surface area contributed by atoms with Crippen molar-refractivity contribution in [3.05, 3.63) is 52.0 Å². The highest BCUT2D eigenvalue weighted by molar-refractivity contribution is 7.10. The fourth-order valence-electron chi connectivity index (χ4n) is 2.47. The van der Waals surface area contributed by atoms with Gasteiger partial charge in [0, 0.05) is 21.9 Å². The Morgan fingerprint density at radius 2 is 2.12 bits per heavy atom. The molecule has 0 unspecified atom stereocenters. The first-order valence-corrected chi connectivity index (χ1v) is 8.25. The van der Waals surface area contributed by atoms with Gasteiger partial charge in [0.1, 0.15) is 11.3 Å². The van der Waals surface area contributed by atoms with Crippen molar-refractivity contribution in [2.75, 3.05) is 7.11 Å². The van der Waals surface area contributed by atoms with Crippen LogP contribution in [0, 0.1) is 6.92 Å². The lowest BCUT2D eigenvalue weighted by atomic mass is 10.1. The number of nitrogens with zero attached hydrogens (tertiary/aromatic N) is 2. The fourth-order valence-corrected chi connectivity index (χ4v) is 3.09. The van der Waals surface area contributed by atoms with E-state index >= 15 is 0 Å². The molecule has 4 rings (SSSR count). The van der Waals surface area contributed by atoms with E-state index in [0.717, 1.165) is 27.2 Å². The summed E-state index contributed by atoms with van der Waals surface area (Å²) in [7, 11) is 1.64. The zero-order valence-corrected chi connectivity index (χ0v) is 14.0. The van der Waals surface area contributed by atoms with Crippen molar-refractivity contribution in [2.45, 2.75) is 6.92 Å². The summed E-state index contributed by atoms with van der Waals surface area (Å²) in [6.45, 7) is 1.97. The number of aryl methyl sites for hydroxylation is 1. The summed E-state index contributed by atoms with van der Waals surface area (Å²) in [4.78, 5) is 5.52. The molecule has 0 fully saturated rings. The van der Waals surface area contributed by atoms with Crippen LogP contribution >= 0.6 is 11.3 Å². The van der Waals surface area contributed by atoms with E-state index in [0.29, 0.717) is 17.5 Å². The van der Waals surface area contributed by atoms with Crippen LogP contribution in [0.4, 0.5) is 0 Å². The average molecular weight is 338 g/mol. The van der Waals surface area contributed by atoms with Gasteiger partial charge < -0.3 is 13.7 Å². The summed E-state index contributed by atoms with van der Waals surface area (Å²) in [6, 6.07) is 9.70. The largest absolute Gasteiger partial charge is 0.497 e. The van der Waals surface area contributed by atoms with Gasteiger partial charge in [-0.25, -0.2) is 0 Å². The smallest absolute Gasteiger partial charge is 0.251 e. The summed E-state index contributed by atoms with van der Waals surface area (Å²) in [6.07, 6.45) is 3.74. The van der Waals surface area contributed by atoms with Crippen LogP contribution in [0.1, 0.15) is 16.3 Å². The number of rotatable bonds is 4. The van der Waals surface area contributed by atoms with Gasteiger partial charge in [-0.05, 0) is 42.6 Å². The molecule has 0 radical (unpaired) electrons. The lowest BCUT2D eigenvalue weighted by molar-refractivity contribution is 0.409. The van der Waals surface area contributed by atoms with Crippen LogP contribution in [0.2, 0.25) is 0 Å². The predicted octanol–water partition coefficient (Wildman–Crippen LogP) is 5.03. The van der Waals surface area contributed by atoms with Gasteiger partial charge in [-0.1, -0.05) is 11.2 Å². The number of ether oxygens (including phenoxy) is 1. The molecule has 3 aromatic heterocycles. The second kappa shape index (κ2) is 5.98. The van der Waals surface area contributed by atoms with Crippen molar-refractivity contribution in [1.82, 2.24) is 10.1 Å². The maximum atomic E-state index is 5.89. The summed E-state index contributed by atoms with van der Waals surface area (Å²) in [5.41, 5.74) is 1.72. The van der Waals surface area contributed by atoms with E-state index in [2.05, 4.69) is 10.1 Å². The van der Waals surface area contributed by atoms with Gasteiger partial charge in [0.15, 0.2) is 5.76 Å². The first-order valence-electron chi connectivity index (χ1n) is 7.37. The molecule has 0 saturated carbocycles. The van der Waals surface area contributed by atoms with Crippen molar-refractivity contribution in [3.8, 4) is 17.3 Å². The van der Waals surface area contributed by atoms with E-state index in [-0.39, 0.29) is 0 Å².